The van der Waals surface area contributed by atoms with E-state index >= 15 is 0 Å². The lowest BCUT2D eigenvalue weighted by molar-refractivity contribution is 0.436. The fourth-order valence-corrected chi connectivity index (χ4v) is 1.44. The van der Waals surface area contributed by atoms with Gasteiger partial charge in [0.1, 0.15) is 0 Å². The van der Waals surface area contributed by atoms with Crippen molar-refractivity contribution in [2.45, 2.75) is 20.8 Å². The minimum atomic E-state index is 0.769. The Labute approximate surface area is 78.0 Å². The van der Waals surface area contributed by atoms with Gasteiger partial charge in [0.15, 0.2) is 0 Å². The summed E-state index contributed by atoms with van der Waals surface area (Å²) < 4.78 is 0. The number of rotatable bonds is 1. The van der Waals surface area contributed by atoms with Gasteiger partial charge in [0.05, 0.1) is 11.4 Å². The summed E-state index contributed by atoms with van der Waals surface area (Å²) in [6, 6.07) is 0. The molecule has 2 rings (SSSR count). The predicted octanol–water partition coefficient (Wildman–Crippen LogP) is 0.945. The van der Waals surface area contributed by atoms with Crippen LogP contribution in [0.15, 0.2) is 0 Å². The van der Waals surface area contributed by atoms with Gasteiger partial charge >= 0.3 is 0 Å². The maximum absolute atomic E-state index is 4.38. The molecule has 4 nitrogen and oxygen atoms in total. The number of nitrogens with zero attached hydrogens (tertiary/aromatic N) is 4. The molecule has 0 unspecified atom stereocenters. The first-order valence-corrected chi connectivity index (χ1v) is 4.59. The third kappa shape index (κ3) is 1.48. The first-order chi connectivity index (χ1) is 6.16. The molecule has 1 aromatic rings. The Bertz CT molecular complexity index is 317. The molecule has 0 bridgehead atoms. The van der Waals surface area contributed by atoms with E-state index in [0.29, 0.717) is 0 Å². The molecule has 0 atom stereocenters. The van der Waals surface area contributed by atoms with Gasteiger partial charge in [-0.25, -0.2) is 4.98 Å². The SMILES string of the molecule is Cc1nnc(N2CC(C)C2)nc1C. The topological polar surface area (TPSA) is 41.9 Å². The van der Waals surface area contributed by atoms with Gasteiger partial charge in [-0.2, -0.15) is 5.10 Å². The number of anilines is 1. The maximum Gasteiger partial charge on any atom is 0.245 e. The average Bonchev–Trinajstić information content (AvgIpc) is 2.05. The van der Waals surface area contributed by atoms with Crippen molar-refractivity contribution in [3.63, 3.8) is 0 Å². The number of hydrogen-bond acceptors (Lipinski definition) is 4. The van der Waals surface area contributed by atoms with Crippen molar-refractivity contribution in [1.29, 1.82) is 0 Å². The highest BCUT2D eigenvalue weighted by Crippen LogP contribution is 2.19. The first-order valence-electron chi connectivity index (χ1n) is 4.59. The smallest absolute Gasteiger partial charge is 0.245 e. The summed E-state index contributed by atoms with van der Waals surface area (Å²) in [5, 5.41) is 8.11. The Balaban J connectivity index is 2.18. The molecule has 2 heterocycles. The second-order valence-electron chi connectivity index (χ2n) is 3.79. The predicted molar refractivity (Wildman–Crippen MR) is 50.7 cm³/mol. The summed E-state index contributed by atoms with van der Waals surface area (Å²) in [6.07, 6.45) is 0. The molecule has 13 heavy (non-hydrogen) atoms. The number of hydrogen-bond donors (Lipinski definition) is 0. The summed E-state index contributed by atoms with van der Waals surface area (Å²) >= 11 is 0. The van der Waals surface area contributed by atoms with Crippen LogP contribution in [0.4, 0.5) is 5.95 Å². The van der Waals surface area contributed by atoms with Gasteiger partial charge in [-0.15, -0.1) is 5.10 Å². The molecule has 1 aliphatic heterocycles. The molecule has 0 saturated carbocycles. The summed E-state index contributed by atoms with van der Waals surface area (Å²) in [5.41, 5.74) is 1.89. The number of aryl methyl sites for hydroxylation is 2. The fourth-order valence-electron chi connectivity index (χ4n) is 1.44. The summed E-state index contributed by atoms with van der Waals surface area (Å²) in [4.78, 5) is 6.54. The van der Waals surface area contributed by atoms with E-state index in [0.717, 1.165) is 36.3 Å². The minimum Gasteiger partial charge on any atom is -0.339 e. The molecule has 1 fully saturated rings. The molecular weight excluding hydrogens is 164 g/mol. The molecule has 1 aromatic heterocycles. The lowest BCUT2D eigenvalue weighted by Crippen LogP contribution is -2.46. The third-order valence-electron chi connectivity index (χ3n) is 2.43. The first kappa shape index (κ1) is 8.41. The van der Waals surface area contributed by atoms with Gasteiger partial charge in [0.25, 0.3) is 0 Å². The quantitative estimate of drug-likeness (QED) is 0.642. The maximum atomic E-state index is 4.38. The molecular formula is C9H14N4. The van der Waals surface area contributed by atoms with E-state index in [2.05, 4.69) is 27.0 Å². The molecule has 0 radical (unpaired) electrons. The summed E-state index contributed by atoms with van der Waals surface area (Å²) in [7, 11) is 0. The molecule has 0 aromatic carbocycles. The minimum absolute atomic E-state index is 0.769. The molecule has 0 aliphatic carbocycles. The molecule has 0 spiro atoms. The normalized spacial score (nSPS) is 17.3. The van der Waals surface area contributed by atoms with Crippen LogP contribution in [-0.2, 0) is 0 Å². The van der Waals surface area contributed by atoms with Crippen molar-refractivity contribution in [3.8, 4) is 0 Å². The van der Waals surface area contributed by atoms with Crippen LogP contribution in [0.3, 0.4) is 0 Å². The summed E-state index contributed by atoms with van der Waals surface area (Å²) in [6.45, 7) is 8.24. The van der Waals surface area contributed by atoms with Crippen LogP contribution in [0.2, 0.25) is 0 Å². The lowest BCUT2D eigenvalue weighted by Gasteiger charge is -2.36. The van der Waals surface area contributed by atoms with Crippen LogP contribution in [0.25, 0.3) is 0 Å². The second kappa shape index (κ2) is 2.94. The summed E-state index contributed by atoms with van der Waals surface area (Å²) in [5.74, 6) is 1.55. The van der Waals surface area contributed by atoms with Crippen molar-refractivity contribution in [3.05, 3.63) is 11.4 Å². The standard InChI is InChI=1S/C9H14N4/c1-6-4-13(5-6)9-10-7(2)8(3)11-12-9/h6H,4-5H2,1-3H3. The van der Waals surface area contributed by atoms with Crippen LogP contribution in [-0.4, -0.2) is 28.3 Å². The van der Waals surface area contributed by atoms with Crippen molar-refractivity contribution in [2.75, 3.05) is 18.0 Å². The zero-order valence-corrected chi connectivity index (χ0v) is 8.28. The Kier molecular flexibility index (Phi) is 1.90. The van der Waals surface area contributed by atoms with Crippen molar-refractivity contribution in [1.82, 2.24) is 15.2 Å². The highest BCUT2D eigenvalue weighted by atomic mass is 15.3. The molecule has 0 amide bonds. The largest absolute Gasteiger partial charge is 0.339 e. The highest BCUT2D eigenvalue weighted by Gasteiger charge is 2.25. The van der Waals surface area contributed by atoms with Gasteiger partial charge in [0, 0.05) is 13.1 Å². The van der Waals surface area contributed by atoms with Crippen molar-refractivity contribution in [2.24, 2.45) is 5.92 Å². The van der Waals surface area contributed by atoms with Crippen LogP contribution in [0.5, 0.6) is 0 Å². The average molecular weight is 178 g/mol. The van der Waals surface area contributed by atoms with Gasteiger partial charge in [-0.05, 0) is 19.8 Å². The van der Waals surface area contributed by atoms with E-state index in [-0.39, 0.29) is 0 Å². The Morgan fingerprint density at radius 1 is 1.15 bits per heavy atom. The van der Waals surface area contributed by atoms with Gasteiger partial charge in [-0.3, -0.25) is 0 Å². The van der Waals surface area contributed by atoms with Gasteiger partial charge in [-0.1, -0.05) is 6.92 Å². The van der Waals surface area contributed by atoms with Gasteiger partial charge in [0.2, 0.25) is 5.95 Å². The van der Waals surface area contributed by atoms with Crippen LogP contribution < -0.4 is 4.90 Å². The van der Waals surface area contributed by atoms with E-state index in [4.69, 9.17) is 0 Å². The van der Waals surface area contributed by atoms with E-state index in [1.165, 1.54) is 0 Å². The zero-order valence-electron chi connectivity index (χ0n) is 8.28. The van der Waals surface area contributed by atoms with E-state index in [9.17, 15) is 0 Å². The monoisotopic (exact) mass is 178 g/mol. The number of aromatic nitrogens is 3. The molecule has 70 valence electrons. The van der Waals surface area contributed by atoms with Crippen LogP contribution in [0.1, 0.15) is 18.3 Å². The third-order valence-corrected chi connectivity index (χ3v) is 2.43. The zero-order chi connectivity index (χ0) is 9.42. The van der Waals surface area contributed by atoms with Crippen LogP contribution >= 0.6 is 0 Å². The Morgan fingerprint density at radius 3 is 2.38 bits per heavy atom. The Morgan fingerprint density at radius 2 is 1.85 bits per heavy atom. The fraction of sp³-hybridized carbons (Fsp3) is 0.667. The van der Waals surface area contributed by atoms with E-state index in [1.807, 2.05) is 13.8 Å². The molecule has 1 aliphatic rings. The molecule has 1 saturated heterocycles. The van der Waals surface area contributed by atoms with E-state index < -0.39 is 0 Å². The van der Waals surface area contributed by atoms with E-state index in [1.54, 1.807) is 0 Å². The van der Waals surface area contributed by atoms with Crippen molar-refractivity contribution < 1.29 is 0 Å². The Hall–Kier alpha value is -1.19. The van der Waals surface area contributed by atoms with Gasteiger partial charge < -0.3 is 4.90 Å². The molecule has 4 heteroatoms. The molecule has 0 N–H and O–H groups in total. The lowest BCUT2D eigenvalue weighted by atomic mass is 10.0. The highest BCUT2D eigenvalue weighted by molar-refractivity contribution is 5.33. The van der Waals surface area contributed by atoms with Crippen LogP contribution in [0, 0.1) is 19.8 Å². The van der Waals surface area contributed by atoms with Crippen molar-refractivity contribution >= 4 is 5.95 Å². The second-order valence-corrected chi connectivity index (χ2v) is 3.79.